The van der Waals surface area contributed by atoms with Gasteiger partial charge in [0.25, 0.3) is 5.91 Å². The summed E-state index contributed by atoms with van der Waals surface area (Å²) in [4.78, 5) is 27.1. The second kappa shape index (κ2) is 6.58. The van der Waals surface area contributed by atoms with Crippen LogP contribution in [0.2, 0.25) is 0 Å². The quantitative estimate of drug-likeness (QED) is 0.905. The minimum absolute atomic E-state index is 0.0256. The van der Waals surface area contributed by atoms with Crippen molar-refractivity contribution < 1.29 is 18.0 Å². The van der Waals surface area contributed by atoms with E-state index in [9.17, 15) is 22.8 Å². The molecule has 1 N–H and O–H groups in total. The van der Waals surface area contributed by atoms with E-state index in [0.717, 1.165) is 6.20 Å². The predicted octanol–water partition coefficient (Wildman–Crippen LogP) is 2.49. The second-order valence-corrected chi connectivity index (χ2v) is 4.59. The Morgan fingerprint density at radius 1 is 1.40 bits per heavy atom. The number of carbonyl (C=O) groups excluding carboxylic acids is 1. The zero-order chi connectivity index (χ0) is 15.3. The molecule has 1 aromatic heterocycles. The molecule has 112 valence electrons. The van der Waals surface area contributed by atoms with Crippen molar-refractivity contribution in [3.05, 3.63) is 33.7 Å². The first kappa shape index (κ1) is 16.3. The standard InChI is InChI=1S/C13H17F3N2O2/c1-3-4-5-18(8-13(14,15)16)12(20)10-7-17-9(2)6-11(10)19/h6-7H,3-5,8H2,1-2H3,(H,17,19). The van der Waals surface area contributed by atoms with Gasteiger partial charge in [-0.1, -0.05) is 13.3 Å². The molecule has 7 heteroatoms. The van der Waals surface area contributed by atoms with Crippen LogP contribution in [0.1, 0.15) is 35.8 Å². The maximum atomic E-state index is 12.5. The number of aromatic amines is 1. The average Bonchev–Trinajstić information content (AvgIpc) is 2.32. The molecule has 0 radical (unpaired) electrons. The van der Waals surface area contributed by atoms with Gasteiger partial charge >= 0.3 is 6.18 Å². The molecule has 0 aliphatic heterocycles. The van der Waals surface area contributed by atoms with Gasteiger partial charge in [0, 0.05) is 24.5 Å². The Labute approximate surface area is 114 Å². The van der Waals surface area contributed by atoms with Crippen molar-refractivity contribution in [2.75, 3.05) is 13.1 Å². The fourth-order valence-electron chi connectivity index (χ4n) is 1.73. The highest BCUT2D eigenvalue weighted by atomic mass is 19.4. The first-order chi connectivity index (χ1) is 9.24. The summed E-state index contributed by atoms with van der Waals surface area (Å²) in [5, 5.41) is 0. The van der Waals surface area contributed by atoms with Crippen LogP contribution in [0.5, 0.6) is 0 Å². The zero-order valence-electron chi connectivity index (χ0n) is 11.4. The molecule has 0 fully saturated rings. The third-order valence-electron chi connectivity index (χ3n) is 2.73. The van der Waals surface area contributed by atoms with E-state index in [1.54, 1.807) is 6.92 Å². The lowest BCUT2D eigenvalue weighted by Gasteiger charge is -2.23. The van der Waals surface area contributed by atoms with Gasteiger partial charge in [0.1, 0.15) is 12.1 Å². The van der Waals surface area contributed by atoms with Gasteiger partial charge < -0.3 is 9.88 Å². The molecule has 0 bridgehead atoms. The van der Waals surface area contributed by atoms with Gasteiger partial charge in [-0.15, -0.1) is 0 Å². The molecular weight excluding hydrogens is 273 g/mol. The number of aryl methyl sites for hydroxylation is 1. The van der Waals surface area contributed by atoms with Gasteiger partial charge in [0.2, 0.25) is 0 Å². The number of halogens is 3. The molecule has 0 aliphatic carbocycles. The average molecular weight is 290 g/mol. The maximum absolute atomic E-state index is 12.5. The third-order valence-corrected chi connectivity index (χ3v) is 2.73. The van der Waals surface area contributed by atoms with Crippen LogP contribution in [0, 0.1) is 6.92 Å². The maximum Gasteiger partial charge on any atom is 0.406 e. The van der Waals surface area contributed by atoms with Gasteiger partial charge in [-0.2, -0.15) is 13.2 Å². The Balaban J connectivity index is 3.00. The molecule has 1 amide bonds. The molecule has 20 heavy (non-hydrogen) atoms. The number of nitrogens with one attached hydrogen (secondary N) is 1. The minimum atomic E-state index is -4.49. The van der Waals surface area contributed by atoms with Gasteiger partial charge in [-0.25, -0.2) is 0 Å². The van der Waals surface area contributed by atoms with E-state index in [1.165, 1.54) is 6.07 Å². The Bertz CT molecular complexity index is 523. The largest absolute Gasteiger partial charge is 0.406 e. The van der Waals surface area contributed by atoms with Crippen LogP contribution in [0.3, 0.4) is 0 Å². The van der Waals surface area contributed by atoms with Gasteiger partial charge in [-0.05, 0) is 13.3 Å². The van der Waals surface area contributed by atoms with E-state index in [4.69, 9.17) is 0 Å². The molecule has 0 atom stereocenters. The Morgan fingerprint density at radius 2 is 2.05 bits per heavy atom. The Morgan fingerprint density at radius 3 is 2.55 bits per heavy atom. The highest BCUT2D eigenvalue weighted by Crippen LogP contribution is 2.18. The van der Waals surface area contributed by atoms with Crippen LogP contribution >= 0.6 is 0 Å². The molecule has 1 heterocycles. The highest BCUT2D eigenvalue weighted by Gasteiger charge is 2.33. The van der Waals surface area contributed by atoms with Crippen molar-refractivity contribution >= 4 is 5.91 Å². The minimum Gasteiger partial charge on any atom is -0.364 e. The molecule has 1 rings (SSSR count). The molecular formula is C13H17F3N2O2. The number of nitrogens with zero attached hydrogens (tertiary/aromatic N) is 1. The molecule has 0 unspecified atom stereocenters. The van der Waals surface area contributed by atoms with Crippen molar-refractivity contribution in [3.8, 4) is 0 Å². The van der Waals surface area contributed by atoms with Crippen molar-refractivity contribution in [3.63, 3.8) is 0 Å². The molecule has 0 aromatic carbocycles. The molecule has 4 nitrogen and oxygen atoms in total. The zero-order valence-corrected chi connectivity index (χ0v) is 11.4. The van der Waals surface area contributed by atoms with Crippen LogP contribution < -0.4 is 5.43 Å². The van der Waals surface area contributed by atoms with Crippen molar-refractivity contribution in [1.29, 1.82) is 0 Å². The van der Waals surface area contributed by atoms with E-state index >= 15 is 0 Å². The lowest BCUT2D eigenvalue weighted by molar-refractivity contribution is -0.140. The fourth-order valence-corrected chi connectivity index (χ4v) is 1.73. The predicted molar refractivity (Wildman–Crippen MR) is 68.7 cm³/mol. The van der Waals surface area contributed by atoms with Gasteiger partial charge in [0.15, 0.2) is 5.43 Å². The number of rotatable bonds is 5. The van der Waals surface area contributed by atoms with Crippen LogP contribution in [-0.4, -0.2) is 35.1 Å². The van der Waals surface area contributed by atoms with Crippen LogP contribution in [0.4, 0.5) is 13.2 Å². The number of hydrogen-bond acceptors (Lipinski definition) is 2. The number of carbonyl (C=O) groups is 1. The summed E-state index contributed by atoms with van der Waals surface area (Å²) < 4.78 is 37.5. The van der Waals surface area contributed by atoms with E-state index < -0.39 is 24.1 Å². The second-order valence-electron chi connectivity index (χ2n) is 4.59. The number of pyridine rings is 1. The van der Waals surface area contributed by atoms with Crippen LogP contribution in [-0.2, 0) is 0 Å². The summed E-state index contributed by atoms with van der Waals surface area (Å²) in [5.41, 5.74) is -0.298. The summed E-state index contributed by atoms with van der Waals surface area (Å²) in [7, 11) is 0. The molecule has 0 saturated carbocycles. The number of hydrogen-bond donors (Lipinski definition) is 1. The number of unbranched alkanes of at least 4 members (excludes halogenated alkanes) is 1. The summed E-state index contributed by atoms with van der Waals surface area (Å²) in [6, 6.07) is 1.19. The first-order valence-corrected chi connectivity index (χ1v) is 6.30. The third kappa shape index (κ3) is 4.71. The topological polar surface area (TPSA) is 53.2 Å². The van der Waals surface area contributed by atoms with Crippen molar-refractivity contribution in [2.24, 2.45) is 0 Å². The lowest BCUT2D eigenvalue weighted by Crippen LogP contribution is -2.41. The number of amides is 1. The Kier molecular flexibility index (Phi) is 5.35. The van der Waals surface area contributed by atoms with Crippen LogP contribution in [0.15, 0.2) is 17.1 Å². The Hall–Kier alpha value is -1.79. The molecule has 0 aliphatic rings. The molecule has 0 spiro atoms. The summed E-state index contributed by atoms with van der Waals surface area (Å²) in [6.45, 7) is 2.07. The summed E-state index contributed by atoms with van der Waals surface area (Å²) >= 11 is 0. The number of alkyl halides is 3. The fraction of sp³-hybridized carbons (Fsp3) is 0.538. The van der Waals surface area contributed by atoms with Crippen molar-refractivity contribution in [1.82, 2.24) is 9.88 Å². The summed E-state index contributed by atoms with van der Waals surface area (Å²) in [5.74, 6) is -0.892. The first-order valence-electron chi connectivity index (χ1n) is 6.30. The highest BCUT2D eigenvalue weighted by molar-refractivity contribution is 5.93. The lowest BCUT2D eigenvalue weighted by atomic mass is 10.2. The molecule has 1 aromatic rings. The monoisotopic (exact) mass is 290 g/mol. The number of H-pyrrole nitrogens is 1. The van der Waals surface area contributed by atoms with E-state index in [1.807, 2.05) is 6.92 Å². The van der Waals surface area contributed by atoms with E-state index in [2.05, 4.69) is 4.98 Å². The normalized spacial score (nSPS) is 11.4. The van der Waals surface area contributed by atoms with E-state index in [-0.39, 0.29) is 12.1 Å². The van der Waals surface area contributed by atoms with Crippen molar-refractivity contribution in [2.45, 2.75) is 32.9 Å². The molecule has 0 saturated heterocycles. The SMILES string of the molecule is CCCCN(CC(F)(F)F)C(=O)c1c[nH]c(C)cc1=O. The van der Waals surface area contributed by atoms with Gasteiger partial charge in [0.05, 0.1) is 0 Å². The summed E-state index contributed by atoms with van der Waals surface area (Å²) in [6.07, 6.45) is -2.21. The smallest absolute Gasteiger partial charge is 0.364 e. The van der Waals surface area contributed by atoms with Crippen LogP contribution in [0.25, 0.3) is 0 Å². The number of aromatic nitrogens is 1. The van der Waals surface area contributed by atoms with Gasteiger partial charge in [-0.3, -0.25) is 9.59 Å². The van der Waals surface area contributed by atoms with E-state index in [0.29, 0.717) is 23.4 Å².